The van der Waals surface area contributed by atoms with Crippen LogP contribution in [0.2, 0.25) is 0 Å². The summed E-state index contributed by atoms with van der Waals surface area (Å²) in [7, 11) is 1.61. The molecule has 6 nitrogen and oxygen atoms in total. The quantitative estimate of drug-likeness (QED) is 0.493. The highest BCUT2D eigenvalue weighted by Gasteiger charge is 2.26. The molecule has 0 bridgehead atoms. The van der Waals surface area contributed by atoms with Gasteiger partial charge in [0.05, 0.1) is 7.11 Å². The second kappa shape index (κ2) is 12.7. The Morgan fingerprint density at radius 3 is 2.16 bits per heavy atom. The van der Waals surface area contributed by atoms with Crippen LogP contribution in [0.5, 0.6) is 11.5 Å². The van der Waals surface area contributed by atoms with Gasteiger partial charge in [-0.15, -0.1) is 0 Å². The average Bonchev–Trinajstić information content (AvgIpc) is 2.81. The SMILES string of the molecule is CCCCNC(=O)C(C)N(Cc1ccc(OC)cc1)C(=O)COc1ccc(C(C)C)cc1. The number of nitrogens with zero attached hydrogens (tertiary/aromatic N) is 1. The number of hydrogen-bond acceptors (Lipinski definition) is 4. The van der Waals surface area contributed by atoms with Gasteiger partial charge in [0.15, 0.2) is 6.61 Å². The zero-order valence-electron chi connectivity index (χ0n) is 19.9. The lowest BCUT2D eigenvalue weighted by molar-refractivity contribution is -0.142. The van der Waals surface area contributed by atoms with E-state index in [1.54, 1.807) is 18.9 Å². The van der Waals surface area contributed by atoms with Crippen LogP contribution in [0.1, 0.15) is 57.6 Å². The molecule has 0 saturated heterocycles. The lowest BCUT2D eigenvalue weighted by atomic mass is 10.0. The Bertz CT molecular complexity index is 847. The molecule has 1 atom stereocenters. The molecule has 2 amide bonds. The van der Waals surface area contributed by atoms with Crippen molar-refractivity contribution in [2.75, 3.05) is 20.3 Å². The van der Waals surface area contributed by atoms with E-state index >= 15 is 0 Å². The molecule has 0 spiro atoms. The molecule has 0 aliphatic heterocycles. The van der Waals surface area contributed by atoms with Gasteiger partial charge in [-0.3, -0.25) is 9.59 Å². The third-order valence-electron chi connectivity index (χ3n) is 5.42. The maximum absolute atomic E-state index is 13.1. The van der Waals surface area contributed by atoms with Gasteiger partial charge in [-0.25, -0.2) is 0 Å². The van der Waals surface area contributed by atoms with Crippen LogP contribution in [0.3, 0.4) is 0 Å². The van der Waals surface area contributed by atoms with E-state index in [1.165, 1.54) is 5.56 Å². The molecule has 0 aliphatic rings. The minimum absolute atomic E-state index is 0.135. The summed E-state index contributed by atoms with van der Waals surface area (Å²) < 4.78 is 11.0. The van der Waals surface area contributed by atoms with Crippen molar-refractivity contribution in [1.29, 1.82) is 0 Å². The van der Waals surface area contributed by atoms with E-state index in [1.807, 2.05) is 48.5 Å². The van der Waals surface area contributed by atoms with Gasteiger partial charge in [-0.1, -0.05) is 51.5 Å². The van der Waals surface area contributed by atoms with Gasteiger partial charge in [-0.2, -0.15) is 0 Å². The molecule has 2 aromatic rings. The number of ether oxygens (including phenoxy) is 2. The van der Waals surface area contributed by atoms with Gasteiger partial charge in [-0.05, 0) is 54.7 Å². The first-order chi connectivity index (χ1) is 15.3. The van der Waals surface area contributed by atoms with Crippen LogP contribution >= 0.6 is 0 Å². The highest BCUT2D eigenvalue weighted by atomic mass is 16.5. The molecule has 1 unspecified atom stereocenters. The normalized spacial score (nSPS) is 11.7. The molecular weight excluding hydrogens is 404 g/mol. The van der Waals surface area contributed by atoms with Crippen molar-refractivity contribution in [3.8, 4) is 11.5 Å². The van der Waals surface area contributed by atoms with E-state index in [0.717, 1.165) is 24.2 Å². The van der Waals surface area contributed by atoms with Crippen molar-refractivity contribution in [3.05, 3.63) is 59.7 Å². The Hall–Kier alpha value is -3.02. The summed E-state index contributed by atoms with van der Waals surface area (Å²) >= 11 is 0. The average molecular weight is 441 g/mol. The zero-order chi connectivity index (χ0) is 23.5. The third kappa shape index (κ3) is 7.59. The van der Waals surface area contributed by atoms with E-state index < -0.39 is 6.04 Å². The first-order valence-electron chi connectivity index (χ1n) is 11.3. The summed E-state index contributed by atoms with van der Waals surface area (Å²) in [6.07, 6.45) is 1.90. The Kier molecular flexibility index (Phi) is 10.1. The van der Waals surface area contributed by atoms with Crippen LogP contribution in [0, 0.1) is 0 Å². The monoisotopic (exact) mass is 440 g/mol. The van der Waals surface area contributed by atoms with E-state index in [-0.39, 0.29) is 18.4 Å². The van der Waals surface area contributed by atoms with Crippen LogP contribution in [-0.2, 0) is 16.1 Å². The molecule has 2 aromatic carbocycles. The fraction of sp³-hybridized carbons (Fsp3) is 0.462. The number of unbranched alkanes of at least 4 members (excludes halogenated alkanes) is 1. The molecule has 0 saturated carbocycles. The van der Waals surface area contributed by atoms with Crippen molar-refractivity contribution < 1.29 is 19.1 Å². The molecule has 32 heavy (non-hydrogen) atoms. The minimum Gasteiger partial charge on any atom is -0.497 e. The van der Waals surface area contributed by atoms with E-state index in [0.29, 0.717) is 24.8 Å². The molecular formula is C26H36N2O4. The number of nitrogens with one attached hydrogen (secondary N) is 1. The van der Waals surface area contributed by atoms with Gasteiger partial charge in [0, 0.05) is 13.1 Å². The minimum atomic E-state index is -0.617. The predicted octanol–water partition coefficient (Wildman–Crippen LogP) is 4.53. The molecule has 1 N–H and O–H groups in total. The number of hydrogen-bond donors (Lipinski definition) is 1. The van der Waals surface area contributed by atoms with Crippen molar-refractivity contribution in [1.82, 2.24) is 10.2 Å². The highest BCUT2D eigenvalue weighted by Crippen LogP contribution is 2.19. The first kappa shape index (κ1) is 25.2. The second-order valence-corrected chi connectivity index (χ2v) is 8.20. The number of benzene rings is 2. The van der Waals surface area contributed by atoms with Crippen LogP contribution in [0.4, 0.5) is 0 Å². The molecule has 2 rings (SSSR count). The van der Waals surface area contributed by atoms with Gasteiger partial charge >= 0.3 is 0 Å². The van der Waals surface area contributed by atoms with Crippen LogP contribution in [0.25, 0.3) is 0 Å². The molecule has 6 heteroatoms. The lowest BCUT2D eigenvalue weighted by Gasteiger charge is -2.29. The summed E-state index contributed by atoms with van der Waals surface area (Å²) in [4.78, 5) is 27.3. The molecule has 174 valence electrons. The van der Waals surface area contributed by atoms with Crippen LogP contribution < -0.4 is 14.8 Å². The number of carbonyl (C=O) groups is 2. The number of rotatable bonds is 12. The Morgan fingerprint density at radius 2 is 1.59 bits per heavy atom. The van der Waals surface area contributed by atoms with Crippen LogP contribution in [0.15, 0.2) is 48.5 Å². The van der Waals surface area contributed by atoms with E-state index in [9.17, 15) is 9.59 Å². The Morgan fingerprint density at radius 1 is 0.969 bits per heavy atom. The number of carbonyl (C=O) groups excluding carboxylic acids is 2. The van der Waals surface area contributed by atoms with Crippen LogP contribution in [-0.4, -0.2) is 43.0 Å². The standard InChI is InChI=1S/C26H36N2O4/c1-6-7-16-27-26(30)20(4)28(17-21-8-12-23(31-5)13-9-21)25(29)18-32-24-14-10-22(11-15-24)19(2)3/h8-15,19-20H,6-7,16-18H2,1-5H3,(H,27,30). The number of methoxy groups -OCH3 is 1. The highest BCUT2D eigenvalue weighted by molar-refractivity contribution is 5.87. The van der Waals surface area contributed by atoms with Gasteiger partial charge in [0.2, 0.25) is 5.91 Å². The molecule has 0 radical (unpaired) electrons. The van der Waals surface area contributed by atoms with Crippen molar-refractivity contribution in [2.24, 2.45) is 0 Å². The van der Waals surface area contributed by atoms with Gasteiger partial charge < -0.3 is 19.7 Å². The fourth-order valence-electron chi connectivity index (χ4n) is 3.22. The number of amides is 2. The zero-order valence-corrected chi connectivity index (χ0v) is 19.9. The summed E-state index contributed by atoms with van der Waals surface area (Å²) in [6, 6.07) is 14.6. The van der Waals surface area contributed by atoms with E-state index in [2.05, 4.69) is 26.1 Å². The molecule has 0 heterocycles. The maximum Gasteiger partial charge on any atom is 0.261 e. The summed E-state index contributed by atoms with van der Waals surface area (Å²) in [5, 5.41) is 2.92. The largest absolute Gasteiger partial charge is 0.497 e. The van der Waals surface area contributed by atoms with Crippen molar-refractivity contribution >= 4 is 11.8 Å². The third-order valence-corrected chi connectivity index (χ3v) is 5.42. The molecule has 0 aliphatic carbocycles. The molecule has 0 fully saturated rings. The van der Waals surface area contributed by atoms with Crippen molar-refractivity contribution in [2.45, 2.75) is 59.0 Å². The topological polar surface area (TPSA) is 67.9 Å². The second-order valence-electron chi connectivity index (χ2n) is 8.20. The summed E-state index contributed by atoms with van der Waals surface area (Å²) in [6.45, 7) is 8.85. The summed E-state index contributed by atoms with van der Waals surface area (Å²) in [5.74, 6) is 1.39. The molecule has 0 aromatic heterocycles. The summed E-state index contributed by atoms with van der Waals surface area (Å²) in [5.41, 5.74) is 2.12. The smallest absolute Gasteiger partial charge is 0.261 e. The fourth-order valence-corrected chi connectivity index (χ4v) is 3.22. The van der Waals surface area contributed by atoms with Gasteiger partial charge in [0.1, 0.15) is 17.5 Å². The Balaban J connectivity index is 2.10. The van der Waals surface area contributed by atoms with E-state index in [4.69, 9.17) is 9.47 Å². The maximum atomic E-state index is 13.1. The predicted molar refractivity (Wildman–Crippen MR) is 127 cm³/mol. The van der Waals surface area contributed by atoms with Crippen molar-refractivity contribution in [3.63, 3.8) is 0 Å². The van der Waals surface area contributed by atoms with Gasteiger partial charge in [0.25, 0.3) is 5.91 Å². The Labute approximate surface area is 191 Å². The lowest BCUT2D eigenvalue weighted by Crippen LogP contribution is -2.49. The first-order valence-corrected chi connectivity index (χ1v) is 11.3.